The molecule has 1 aromatic heterocycles. The molecule has 0 radical (unpaired) electrons. The van der Waals surface area contributed by atoms with Crippen molar-refractivity contribution in [3.8, 4) is 5.69 Å². The summed E-state index contributed by atoms with van der Waals surface area (Å²) in [5, 5.41) is 8.34. The number of fused-ring (bicyclic) bond motifs is 1. The van der Waals surface area contributed by atoms with Crippen LogP contribution in [0, 0.1) is 6.92 Å². The fourth-order valence-corrected chi connectivity index (χ4v) is 2.07. The van der Waals surface area contributed by atoms with Gasteiger partial charge in [0.2, 0.25) is 0 Å². The Morgan fingerprint density at radius 2 is 1.94 bits per heavy atom. The minimum Gasteiger partial charge on any atom is -0.213 e. The Balaban J connectivity index is 2.24. The van der Waals surface area contributed by atoms with E-state index in [-0.39, 0.29) is 0 Å². The molecule has 84 valence electrons. The summed E-state index contributed by atoms with van der Waals surface area (Å²) in [4.78, 5) is 0. The first-order chi connectivity index (χ1) is 8.25. The zero-order valence-corrected chi connectivity index (χ0v) is 10.8. The van der Waals surface area contributed by atoms with Crippen molar-refractivity contribution in [2.75, 3.05) is 0 Å². The monoisotopic (exact) mass is 287 g/mol. The third-order valence-electron chi connectivity index (χ3n) is 2.74. The van der Waals surface area contributed by atoms with Crippen LogP contribution in [0.25, 0.3) is 16.7 Å². The zero-order valence-electron chi connectivity index (χ0n) is 9.26. The molecule has 0 saturated heterocycles. The van der Waals surface area contributed by atoms with E-state index < -0.39 is 0 Å². The molecule has 0 N–H and O–H groups in total. The average Bonchev–Trinajstić information content (AvgIpc) is 2.76. The lowest BCUT2D eigenvalue weighted by atomic mass is 10.2. The van der Waals surface area contributed by atoms with Crippen LogP contribution in [0.1, 0.15) is 5.56 Å². The Kier molecular flexibility index (Phi) is 2.44. The van der Waals surface area contributed by atoms with E-state index in [2.05, 4.69) is 39.2 Å². The molecule has 1 heterocycles. The molecule has 17 heavy (non-hydrogen) atoms. The van der Waals surface area contributed by atoms with Crippen molar-refractivity contribution >= 4 is 27.0 Å². The fraction of sp³-hybridized carbons (Fsp3) is 0.0769. The molecule has 0 unspecified atom stereocenters. The number of aromatic nitrogens is 3. The number of para-hydroxylation sites is 1. The molecule has 3 aromatic rings. The highest BCUT2D eigenvalue weighted by molar-refractivity contribution is 9.10. The van der Waals surface area contributed by atoms with Crippen molar-refractivity contribution in [2.24, 2.45) is 0 Å². The van der Waals surface area contributed by atoms with E-state index in [0.29, 0.717) is 0 Å². The number of nitrogens with zero attached hydrogens (tertiary/aromatic N) is 3. The van der Waals surface area contributed by atoms with Gasteiger partial charge < -0.3 is 0 Å². The van der Waals surface area contributed by atoms with Crippen molar-refractivity contribution in [1.82, 2.24) is 15.0 Å². The smallest absolute Gasteiger partial charge is 0.113 e. The number of aryl methyl sites for hydroxylation is 1. The van der Waals surface area contributed by atoms with E-state index in [1.165, 1.54) is 5.56 Å². The Hall–Kier alpha value is -1.68. The zero-order chi connectivity index (χ0) is 11.8. The van der Waals surface area contributed by atoms with E-state index in [9.17, 15) is 0 Å². The molecule has 0 fully saturated rings. The van der Waals surface area contributed by atoms with Gasteiger partial charge in [-0.25, -0.2) is 4.68 Å². The molecule has 3 rings (SSSR count). The summed E-state index contributed by atoms with van der Waals surface area (Å²) in [7, 11) is 0. The van der Waals surface area contributed by atoms with E-state index >= 15 is 0 Å². The molecular formula is C13H10BrN3. The highest BCUT2D eigenvalue weighted by Gasteiger charge is 2.06. The van der Waals surface area contributed by atoms with Crippen molar-refractivity contribution in [2.45, 2.75) is 6.92 Å². The first-order valence-electron chi connectivity index (χ1n) is 5.33. The van der Waals surface area contributed by atoms with Gasteiger partial charge in [0.15, 0.2) is 0 Å². The van der Waals surface area contributed by atoms with Gasteiger partial charge in [-0.15, -0.1) is 5.10 Å². The molecule has 0 aliphatic carbocycles. The summed E-state index contributed by atoms with van der Waals surface area (Å²) in [6.45, 7) is 2.06. The van der Waals surface area contributed by atoms with Crippen molar-refractivity contribution < 1.29 is 0 Å². The number of rotatable bonds is 1. The lowest BCUT2D eigenvalue weighted by molar-refractivity contribution is 0.823. The van der Waals surface area contributed by atoms with E-state index in [1.807, 2.05) is 41.1 Å². The highest BCUT2D eigenvalue weighted by Crippen LogP contribution is 2.21. The molecule has 2 aromatic carbocycles. The highest BCUT2D eigenvalue weighted by atomic mass is 79.9. The first kappa shape index (κ1) is 10.5. The van der Waals surface area contributed by atoms with Gasteiger partial charge in [0.1, 0.15) is 5.52 Å². The normalized spacial score (nSPS) is 10.9. The van der Waals surface area contributed by atoms with Crippen LogP contribution in [0.15, 0.2) is 46.9 Å². The number of benzene rings is 2. The third kappa shape index (κ3) is 1.74. The molecule has 0 aliphatic heterocycles. The lowest BCUT2D eigenvalue weighted by Crippen LogP contribution is -1.96. The Labute approximate surface area is 107 Å². The largest absolute Gasteiger partial charge is 0.213 e. The van der Waals surface area contributed by atoms with Crippen molar-refractivity contribution in [1.29, 1.82) is 0 Å². The molecule has 0 atom stereocenters. The Bertz CT molecular complexity index is 688. The molecule has 4 heteroatoms. The minimum absolute atomic E-state index is 0.910. The summed E-state index contributed by atoms with van der Waals surface area (Å²) in [6.07, 6.45) is 0. The lowest BCUT2D eigenvalue weighted by Gasteiger charge is -2.04. The van der Waals surface area contributed by atoms with Crippen LogP contribution in [0.5, 0.6) is 0 Å². The second-order valence-corrected chi connectivity index (χ2v) is 4.78. The molecule has 0 amide bonds. The third-order valence-corrected chi connectivity index (χ3v) is 3.63. The van der Waals surface area contributed by atoms with Crippen molar-refractivity contribution in [3.05, 3.63) is 52.5 Å². The van der Waals surface area contributed by atoms with Gasteiger partial charge in [-0.3, -0.25) is 0 Å². The average molecular weight is 288 g/mol. The summed E-state index contributed by atoms with van der Waals surface area (Å²) >= 11 is 3.50. The topological polar surface area (TPSA) is 30.7 Å². The number of hydrogen-bond donors (Lipinski definition) is 0. The van der Waals surface area contributed by atoms with Crippen LogP contribution in [0.3, 0.4) is 0 Å². The molecule has 0 bridgehead atoms. The number of hydrogen-bond acceptors (Lipinski definition) is 2. The quantitative estimate of drug-likeness (QED) is 0.686. The van der Waals surface area contributed by atoms with E-state index in [1.54, 1.807) is 0 Å². The van der Waals surface area contributed by atoms with Crippen LogP contribution >= 0.6 is 15.9 Å². The molecular weight excluding hydrogens is 278 g/mol. The predicted octanol–water partition coefficient (Wildman–Crippen LogP) is 3.49. The molecule has 0 aliphatic rings. The van der Waals surface area contributed by atoms with E-state index in [4.69, 9.17) is 0 Å². The maximum atomic E-state index is 4.19. The second-order valence-electron chi connectivity index (χ2n) is 3.92. The number of halogens is 1. The van der Waals surface area contributed by atoms with Gasteiger partial charge in [0.25, 0.3) is 0 Å². The van der Waals surface area contributed by atoms with E-state index in [0.717, 1.165) is 21.2 Å². The van der Waals surface area contributed by atoms with Crippen LogP contribution in [0.4, 0.5) is 0 Å². The van der Waals surface area contributed by atoms with Gasteiger partial charge >= 0.3 is 0 Å². The second kappa shape index (κ2) is 3.96. The van der Waals surface area contributed by atoms with Crippen LogP contribution in [-0.4, -0.2) is 15.0 Å². The van der Waals surface area contributed by atoms with Crippen LogP contribution in [-0.2, 0) is 0 Å². The Morgan fingerprint density at radius 1 is 1.12 bits per heavy atom. The van der Waals surface area contributed by atoms with Gasteiger partial charge in [-0.2, -0.15) is 0 Å². The summed E-state index contributed by atoms with van der Waals surface area (Å²) < 4.78 is 2.96. The summed E-state index contributed by atoms with van der Waals surface area (Å²) in [6, 6.07) is 14.1. The molecule has 3 nitrogen and oxygen atoms in total. The van der Waals surface area contributed by atoms with Gasteiger partial charge in [0.05, 0.1) is 11.2 Å². The minimum atomic E-state index is 0.910. The predicted molar refractivity (Wildman–Crippen MR) is 71.3 cm³/mol. The van der Waals surface area contributed by atoms with Crippen LogP contribution < -0.4 is 0 Å². The fourth-order valence-electron chi connectivity index (χ4n) is 1.82. The van der Waals surface area contributed by atoms with Crippen molar-refractivity contribution in [3.63, 3.8) is 0 Å². The van der Waals surface area contributed by atoms with Crippen LogP contribution in [0.2, 0.25) is 0 Å². The summed E-state index contributed by atoms with van der Waals surface area (Å²) in [5.74, 6) is 0. The van der Waals surface area contributed by atoms with Gasteiger partial charge in [-0.1, -0.05) is 33.3 Å². The van der Waals surface area contributed by atoms with Gasteiger partial charge in [0, 0.05) is 4.47 Å². The maximum Gasteiger partial charge on any atom is 0.113 e. The Morgan fingerprint density at radius 3 is 2.76 bits per heavy atom. The standard InChI is InChI=1S/C13H10BrN3/c1-9-8-10(6-7-11(9)14)17-13-5-3-2-4-12(13)15-16-17/h2-8H,1H3. The van der Waals surface area contributed by atoms with Gasteiger partial charge in [-0.05, 0) is 42.8 Å². The summed E-state index contributed by atoms with van der Waals surface area (Å²) in [5.41, 5.74) is 4.14. The first-order valence-corrected chi connectivity index (χ1v) is 6.12. The SMILES string of the molecule is Cc1cc(-n2nnc3ccccc32)ccc1Br. The molecule has 0 spiro atoms. The molecule has 0 saturated carbocycles. The maximum absolute atomic E-state index is 4.19.